The summed E-state index contributed by atoms with van der Waals surface area (Å²) in [6.45, 7) is 12.8. The molecule has 0 spiro atoms. The van der Waals surface area contributed by atoms with Crippen molar-refractivity contribution >= 4 is 101 Å². The number of aryl methyl sites for hydroxylation is 3. The van der Waals surface area contributed by atoms with Crippen LogP contribution in [0, 0.1) is 43.4 Å². The van der Waals surface area contributed by atoms with Gasteiger partial charge in [0, 0.05) is 40.1 Å². The number of carbonyl (C=O) groups is 4. The molecule has 0 aliphatic heterocycles. The number of thiophene rings is 2. The summed E-state index contributed by atoms with van der Waals surface area (Å²) in [7, 11) is 0. The van der Waals surface area contributed by atoms with Crippen molar-refractivity contribution in [1.29, 1.82) is 10.5 Å². The molecule has 0 saturated heterocycles. The lowest BCUT2D eigenvalue weighted by Gasteiger charge is -2.17. The van der Waals surface area contributed by atoms with Crippen LogP contribution in [0.25, 0.3) is 20.7 Å². The number of nitriles is 2. The fraction of sp³-hybridized carbons (Fsp3) is 0.176. The number of nitrogens with one attached hydrogen (secondary N) is 4. The number of nitrogens with zero attached hydrogens (tertiary/aromatic N) is 6. The second-order valence-electron chi connectivity index (χ2n) is 16.8. The fourth-order valence-corrected chi connectivity index (χ4v) is 8.58. The highest BCUT2D eigenvalue weighted by atomic mass is 35.5. The monoisotopic (exact) mass is 958 g/mol. The van der Waals surface area contributed by atoms with Gasteiger partial charge in [-0.15, -0.1) is 22.7 Å². The van der Waals surface area contributed by atoms with Gasteiger partial charge >= 0.3 is 0 Å². The lowest BCUT2D eigenvalue weighted by Crippen LogP contribution is -2.17. The highest BCUT2D eigenvalue weighted by molar-refractivity contribution is 7.20. The minimum absolute atomic E-state index is 0.263. The van der Waals surface area contributed by atoms with Gasteiger partial charge in [0.2, 0.25) is 0 Å². The number of benzene rings is 4. The molecule has 0 radical (unpaired) electrons. The van der Waals surface area contributed by atoms with E-state index in [1.54, 1.807) is 92.8 Å². The molecule has 0 aliphatic carbocycles. The Morgan fingerprint density at radius 2 is 1.00 bits per heavy atom. The van der Waals surface area contributed by atoms with Crippen LogP contribution in [0.4, 0.5) is 22.7 Å². The first-order chi connectivity index (χ1) is 32.3. The molecule has 4 N–H and O–H groups in total. The van der Waals surface area contributed by atoms with Crippen LogP contribution in [0.15, 0.2) is 109 Å². The van der Waals surface area contributed by atoms with E-state index in [2.05, 4.69) is 53.3 Å². The molecular formula is C51H43ClN10O4S2. The Bertz CT molecular complexity index is 3160. The van der Waals surface area contributed by atoms with Crippen LogP contribution in [-0.4, -0.2) is 43.6 Å². The van der Waals surface area contributed by atoms with Gasteiger partial charge in [0.05, 0.1) is 44.6 Å². The number of halogens is 1. The molecule has 0 unspecified atom stereocenters. The van der Waals surface area contributed by atoms with E-state index in [4.69, 9.17) is 11.6 Å². The summed E-state index contributed by atoms with van der Waals surface area (Å²) in [6, 6.07) is 32.5. The summed E-state index contributed by atoms with van der Waals surface area (Å²) in [5.74, 6) is -1.18. The molecule has 0 fully saturated rings. The third kappa shape index (κ3) is 11.2. The highest BCUT2D eigenvalue weighted by Crippen LogP contribution is 2.30. The topological polar surface area (TPSA) is 216 Å². The van der Waals surface area contributed by atoms with Crippen molar-refractivity contribution in [3.05, 3.63) is 163 Å². The van der Waals surface area contributed by atoms with Gasteiger partial charge in [0.25, 0.3) is 23.6 Å². The molecule has 14 nitrogen and oxygen atoms in total. The average molecular weight is 960 g/mol. The van der Waals surface area contributed by atoms with E-state index in [0.717, 1.165) is 27.9 Å². The first-order valence-corrected chi connectivity index (χ1v) is 23.0. The van der Waals surface area contributed by atoms with Crippen LogP contribution >= 0.6 is 34.3 Å². The van der Waals surface area contributed by atoms with Crippen molar-refractivity contribution < 1.29 is 19.2 Å². The van der Waals surface area contributed by atoms with E-state index in [9.17, 15) is 29.7 Å². The van der Waals surface area contributed by atoms with E-state index in [-0.39, 0.29) is 28.8 Å². The maximum Gasteiger partial charge on any atom is 0.265 e. The van der Waals surface area contributed by atoms with Crippen molar-refractivity contribution in [2.45, 2.75) is 59.3 Å². The summed E-state index contributed by atoms with van der Waals surface area (Å²) in [4.78, 5) is 70.7. The maximum absolute atomic E-state index is 12.9. The first-order valence-electron chi connectivity index (χ1n) is 21.0. The lowest BCUT2D eigenvalue weighted by molar-refractivity contribution is 0.101. The predicted molar refractivity (Wildman–Crippen MR) is 269 cm³/mol. The number of hydrogen-bond acceptors (Lipinski definition) is 12. The fourth-order valence-electron chi connectivity index (χ4n) is 6.58. The highest BCUT2D eigenvalue weighted by Gasteiger charge is 2.23. The SMILES string of the molecule is Cc1ccc(NC(=O)c2cccc(C(C)(C)C#N)c2)cc1NC(=O)c1cc2ncc(Cl)nc2s1.Cc1cnc2cc(C(=O)Nc3cc(NC(=O)c4cccc(C(C)(C)C#N)c4)ccc3C)sc2n1. The predicted octanol–water partition coefficient (Wildman–Crippen LogP) is 11.6. The van der Waals surface area contributed by atoms with Gasteiger partial charge in [-0.25, -0.2) is 9.97 Å². The van der Waals surface area contributed by atoms with E-state index in [1.807, 2.05) is 58.9 Å². The van der Waals surface area contributed by atoms with Crippen molar-refractivity contribution in [3.63, 3.8) is 0 Å². The van der Waals surface area contributed by atoms with E-state index in [0.29, 0.717) is 64.3 Å². The lowest BCUT2D eigenvalue weighted by atomic mass is 9.85. The largest absolute Gasteiger partial charge is 0.322 e. The number of anilines is 4. The summed E-state index contributed by atoms with van der Waals surface area (Å²) in [5, 5.41) is 30.6. The van der Waals surface area contributed by atoms with Crippen LogP contribution < -0.4 is 21.3 Å². The smallest absolute Gasteiger partial charge is 0.265 e. The summed E-state index contributed by atoms with van der Waals surface area (Å²) < 4.78 is 0. The van der Waals surface area contributed by atoms with Crippen molar-refractivity contribution in [3.8, 4) is 12.1 Å². The van der Waals surface area contributed by atoms with E-state index in [1.165, 1.54) is 28.9 Å². The zero-order chi connectivity index (χ0) is 48.9. The van der Waals surface area contributed by atoms with Crippen molar-refractivity contribution in [2.75, 3.05) is 21.3 Å². The molecule has 4 aromatic heterocycles. The molecule has 4 aromatic carbocycles. The van der Waals surface area contributed by atoms with E-state index < -0.39 is 10.8 Å². The van der Waals surface area contributed by atoms with Gasteiger partial charge in [-0.05, 0) is 131 Å². The molecule has 68 heavy (non-hydrogen) atoms. The quantitative estimate of drug-likeness (QED) is 0.102. The average Bonchev–Trinajstić information content (AvgIpc) is 3.96. The molecule has 4 amide bonds. The molecular weight excluding hydrogens is 916 g/mol. The van der Waals surface area contributed by atoms with Gasteiger partial charge in [-0.1, -0.05) is 48.0 Å². The van der Waals surface area contributed by atoms with Crippen LogP contribution in [-0.2, 0) is 10.8 Å². The Morgan fingerprint density at radius 3 is 1.46 bits per heavy atom. The standard InChI is InChI=1S/C26H23N5O2S.C25H20ClN5O2S/c1-15-8-9-19(30-23(32)17-6-5-7-18(10-17)26(3,4)14-27)11-20(15)31-24(33)22-12-21-25(34-22)29-16(2)13-28-21;1-14-7-8-17(29-22(32)15-5-4-6-16(9-15)25(2,3)13-27)10-18(14)30-23(33)20-11-19-24(34-20)31-21(26)12-28-19/h5-13H,1-4H3,(H,30,32)(H,31,33);4-12H,1-3H3,(H,29,32)(H,30,33). The second-order valence-corrected chi connectivity index (χ2v) is 19.3. The molecule has 0 bridgehead atoms. The van der Waals surface area contributed by atoms with E-state index >= 15 is 0 Å². The number of hydrogen-bond donors (Lipinski definition) is 4. The number of carbonyl (C=O) groups excluding carboxylic acids is 4. The number of amides is 4. The number of aromatic nitrogens is 4. The first kappa shape index (κ1) is 48.1. The third-order valence-electron chi connectivity index (χ3n) is 10.8. The van der Waals surface area contributed by atoms with Gasteiger partial charge in [0.1, 0.15) is 25.8 Å². The Labute approximate surface area is 405 Å². The van der Waals surface area contributed by atoms with Crippen LogP contribution in [0.1, 0.15) is 95.7 Å². The molecule has 17 heteroatoms. The molecule has 4 heterocycles. The molecule has 0 aliphatic rings. The summed E-state index contributed by atoms with van der Waals surface area (Å²) in [5.41, 5.74) is 7.01. The normalized spacial score (nSPS) is 11.1. The van der Waals surface area contributed by atoms with Crippen LogP contribution in [0.2, 0.25) is 5.15 Å². The van der Waals surface area contributed by atoms with Crippen molar-refractivity contribution in [2.24, 2.45) is 0 Å². The van der Waals surface area contributed by atoms with Crippen LogP contribution in [0.3, 0.4) is 0 Å². The Balaban J connectivity index is 0.000000201. The van der Waals surface area contributed by atoms with Crippen molar-refractivity contribution in [1.82, 2.24) is 19.9 Å². The summed E-state index contributed by atoms with van der Waals surface area (Å²) in [6.07, 6.45) is 3.11. The zero-order valence-electron chi connectivity index (χ0n) is 37.9. The third-order valence-corrected chi connectivity index (χ3v) is 13.0. The molecule has 8 aromatic rings. The molecule has 8 rings (SSSR count). The minimum atomic E-state index is -0.708. The second kappa shape index (κ2) is 19.9. The summed E-state index contributed by atoms with van der Waals surface area (Å²) >= 11 is 8.37. The molecule has 0 atom stereocenters. The number of rotatable bonds is 10. The van der Waals surface area contributed by atoms with Gasteiger partial charge in [-0.2, -0.15) is 10.5 Å². The van der Waals surface area contributed by atoms with Gasteiger partial charge in [-0.3, -0.25) is 29.1 Å². The Morgan fingerprint density at radius 1 is 0.559 bits per heavy atom. The Hall–Kier alpha value is -7.89. The maximum atomic E-state index is 12.9. The Kier molecular flexibility index (Phi) is 14.1. The zero-order valence-corrected chi connectivity index (χ0v) is 40.3. The number of fused-ring (bicyclic) bond motifs is 2. The van der Waals surface area contributed by atoms with Crippen LogP contribution in [0.5, 0.6) is 0 Å². The molecule has 340 valence electrons. The van der Waals surface area contributed by atoms with Gasteiger partial charge < -0.3 is 21.3 Å². The molecule has 0 saturated carbocycles. The minimum Gasteiger partial charge on any atom is -0.322 e. The van der Waals surface area contributed by atoms with Gasteiger partial charge in [0.15, 0.2) is 0 Å².